The fourth-order valence-corrected chi connectivity index (χ4v) is 2.67. The molecule has 3 N–H and O–H groups in total. The molecule has 0 bridgehead atoms. The molecule has 2 rings (SSSR count). The van der Waals surface area contributed by atoms with Crippen LogP contribution in [0.1, 0.15) is 6.42 Å². The first-order valence-corrected chi connectivity index (χ1v) is 8.33. The van der Waals surface area contributed by atoms with Crippen LogP contribution in [-0.2, 0) is 9.59 Å². The summed E-state index contributed by atoms with van der Waals surface area (Å²) in [5, 5.41) is 7.41. The lowest BCUT2D eigenvalue weighted by molar-refractivity contribution is -0.858. The number of rotatable bonds is 6. The zero-order valence-corrected chi connectivity index (χ0v) is 14.1. The minimum atomic E-state index is -0.684. The average Bonchev–Trinajstić information content (AvgIpc) is 3.00. The van der Waals surface area contributed by atoms with Gasteiger partial charge in [0.05, 0.1) is 26.3 Å². The maximum absolute atomic E-state index is 11.8. The Morgan fingerprint density at radius 1 is 1.17 bits per heavy atom. The summed E-state index contributed by atoms with van der Waals surface area (Å²) in [5.41, 5.74) is 1.75. The second-order valence-corrected chi connectivity index (χ2v) is 6.28. The van der Waals surface area contributed by atoms with Crippen molar-refractivity contribution in [2.75, 3.05) is 32.5 Å². The second-order valence-electron chi connectivity index (χ2n) is 5.42. The summed E-state index contributed by atoms with van der Waals surface area (Å²) >= 11 is 1.30. The molecule has 0 aliphatic heterocycles. The normalized spacial score (nSPS) is 10.6. The van der Waals surface area contributed by atoms with E-state index in [-0.39, 0.29) is 0 Å². The van der Waals surface area contributed by atoms with Crippen LogP contribution in [0.25, 0.3) is 11.3 Å². The zero-order chi connectivity index (χ0) is 16.7. The summed E-state index contributed by atoms with van der Waals surface area (Å²) in [6, 6.07) is 9.67. The van der Waals surface area contributed by atoms with Gasteiger partial charge in [0, 0.05) is 23.9 Å². The van der Waals surface area contributed by atoms with Gasteiger partial charge in [-0.3, -0.25) is 14.9 Å². The van der Waals surface area contributed by atoms with Crippen molar-refractivity contribution in [3.05, 3.63) is 35.7 Å². The summed E-state index contributed by atoms with van der Waals surface area (Å²) in [7, 11) is 4.09. The van der Waals surface area contributed by atoms with E-state index in [0.29, 0.717) is 11.7 Å². The number of hydrogen-bond acceptors (Lipinski definition) is 4. The van der Waals surface area contributed by atoms with E-state index in [4.69, 9.17) is 0 Å². The molecule has 0 saturated heterocycles. The lowest BCUT2D eigenvalue weighted by Gasteiger charge is -2.07. The minimum Gasteiger partial charge on any atom is -0.348 e. The summed E-state index contributed by atoms with van der Waals surface area (Å²) in [6.45, 7) is 1.43. The minimum absolute atomic E-state index is 0.418. The number of thiazole rings is 1. The molecule has 2 amide bonds. The van der Waals surface area contributed by atoms with Gasteiger partial charge in [0.1, 0.15) is 0 Å². The monoisotopic (exact) mass is 333 g/mol. The van der Waals surface area contributed by atoms with Gasteiger partial charge in [0.15, 0.2) is 5.13 Å². The van der Waals surface area contributed by atoms with Crippen LogP contribution in [0.2, 0.25) is 0 Å². The van der Waals surface area contributed by atoms with E-state index in [2.05, 4.69) is 15.6 Å². The third kappa shape index (κ3) is 5.46. The topological polar surface area (TPSA) is 75.5 Å². The van der Waals surface area contributed by atoms with E-state index in [1.165, 1.54) is 16.2 Å². The Morgan fingerprint density at radius 3 is 2.61 bits per heavy atom. The highest BCUT2D eigenvalue weighted by atomic mass is 32.1. The van der Waals surface area contributed by atoms with E-state index >= 15 is 0 Å². The van der Waals surface area contributed by atoms with Crippen molar-refractivity contribution in [2.45, 2.75) is 6.42 Å². The smallest absolute Gasteiger partial charge is 0.315 e. The summed E-state index contributed by atoms with van der Waals surface area (Å²) in [5.74, 6) is -1.31. The number of nitrogens with one attached hydrogen (secondary N) is 3. The van der Waals surface area contributed by atoms with Gasteiger partial charge in [0.25, 0.3) is 0 Å². The lowest BCUT2D eigenvalue weighted by Crippen LogP contribution is -3.05. The standard InChI is InChI=1S/C16H20N4O2S/c1-20(2)10-6-9-17-14(21)15(22)19-16-18-13(11-23-16)12-7-4-3-5-8-12/h3-5,7-8,11H,6,9-10H2,1-2H3,(H,17,21)(H,18,19,22)/p+1. The molecule has 2 aromatic rings. The van der Waals surface area contributed by atoms with Crippen LogP contribution < -0.4 is 15.5 Å². The largest absolute Gasteiger partial charge is 0.348 e. The van der Waals surface area contributed by atoms with Crippen LogP contribution >= 0.6 is 11.3 Å². The molecule has 0 aliphatic rings. The van der Waals surface area contributed by atoms with Crippen molar-refractivity contribution in [1.82, 2.24) is 10.3 Å². The number of quaternary nitrogens is 1. The number of benzene rings is 1. The maximum atomic E-state index is 11.8. The van der Waals surface area contributed by atoms with E-state index in [1.54, 1.807) is 0 Å². The van der Waals surface area contributed by atoms with Crippen LogP contribution in [0.5, 0.6) is 0 Å². The highest BCUT2D eigenvalue weighted by Crippen LogP contribution is 2.24. The molecular weight excluding hydrogens is 312 g/mol. The fraction of sp³-hybridized carbons (Fsp3) is 0.312. The Morgan fingerprint density at radius 2 is 1.91 bits per heavy atom. The number of anilines is 1. The van der Waals surface area contributed by atoms with Crippen molar-refractivity contribution in [1.29, 1.82) is 0 Å². The Labute approximate surface area is 139 Å². The molecule has 0 saturated carbocycles. The van der Waals surface area contributed by atoms with Crippen LogP contribution in [0, 0.1) is 0 Å². The number of aromatic nitrogens is 1. The summed E-state index contributed by atoms with van der Waals surface area (Å²) in [4.78, 5) is 29.2. The average molecular weight is 333 g/mol. The number of hydrogen-bond donors (Lipinski definition) is 3. The highest BCUT2D eigenvalue weighted by molar-refractivity contribution is 7.14. The predicted molar refractivity (Wildman–Crippen MR) is 91.5 cm³/mol. The number of carbonyl (C=O) groups is 2. The number of carbonyl (C=O) groups excluding carboxylic acids is 2. The molecule has 0 fully saturated rings. The van der Waals surface area contributed by atoms with Gasteiger partial charge in [-0.2, -0.15) is 0 Å². The van der Waals surface area contributed by atoms with Gasteiger partial charge in [-0.15, -0.1) is 11.3 Å². The lowest BCUT2D eigenvalue weighted by atomic mass is 10.2. The predicted octanol–water partition coefficient (Wildman–Crippen LogP) is 0.399. The molecule has 6 nitrogen and oxygen atoms in total. The van der Waals surface area contributed by atoms with E-state index in [1.807, 2.05) is 49.8 Å². The van der Waals surface area contributed by atoms with Gasteiger partial charge in [-0.05, 0) is 0 Å². The van der Waals surface area contributed by atoms with Crippen molar-refractivity contribution < 1.29 is 14.5 Å². The first kappa shape index (κ1) is 17.1. The summed E-state index contributed by atoms with van der Waals surface area (Å²) < 4.78 is 0. The first-order valence-electron chi connectivity index (χ1n) is 7.45. The number of nitrogens with zero attached hydrogens (tertiary/aromatic N) is 1. The van der Waals surface area contributed by atoms with Crippen molar-refractivity contribution in [2.24, 2.45) is 0 Å². The highest BCUT2D eigenvalue weighted by Gasteiger charge is 2.15. The fourth-order valence-electron chi connectivity index (χ4n) is 1.95. The van der Waals surface area contributed by atoms with E-state index in [9.17, 15) is 9.59 Å². The maximum Gasteiger partial charge on any atom is 0.315 e. The molecule has 0 aliphatic carbocycles. The van der Waals surface area contributed by atoms with E-state index in [0.717, 1.165) is 24.2 Å². The SMILES string of the molecule is C[NH+](C)CCCNC(=O)C(=O)Nc1nc(-c2ccccc2)cs1. The van der Waals surface area contributed by atoms with Gasteiger partial charge in [-0.1, -0.05) is 30.3 Å². The molecular formula is C16H21N4O2S+. The third-order valence-electron chi connectivity index (χ3n) is 3.14. The zero-order valence-electron chi connectivity index (χ0n) is 13.3. The molecule has 23 heavy (non-hydrogen) atoms. The second kappa shape index (κ2) is 8.40. The van der Waals surface area contributed by atoms with Crippen molar-refractivity contribution in [3.8, 4) is 11.3 Å². The third-order valence-corrected chi connectivity index (χ3v) is 3.90. The Kier molecular flexibility index (Phi) is 6.25. The van der Waals surface area contributed by atoms with Gasteiger partial charge >= 0.3 is 11.8 Å². The molecule has 0 atom stereocenters. The first-order chi connectivity index (χ1) is 11.1. The quantitative estimate of drug-likeness (QED) is 0.529. The molecule has 7 heteroatoms. The molecule has 122 valence electrons. The number of amides is 2. The van der Waals surface area contributed by atoms with Gasteiger partial charge in [0.2, 0.25) is 0 Å². The van der Waals surface area contributed by atoms with Gasteiger partial charge in [-0.25, -0.2) is 4.98 Å². The molecule has 1 aromatic carbocycles. The van der Waals surface area contributed by atoms with Gasteiger partial charge < -0.3 is 10.2 Å². The Balaban J connectivity index is 1.83. The Hall–Kier alpha value is -2.25. The van der Waals surface area contributed by atoms with Crippen LogP contribution in [0.15, 0.2) is 35.7 Å². The summed E-state index contributed by atoms with van der Waals surface area (Å²) in [6.07, 6.45) is 0.830. The Bertz CT molecular complexity index is 655. The van der Waals surface area contributed by atoms with Crippen molar-refractivity contribution >= 4 is 28.3 Å². The van der Waals surface area contributed by atoms with Crippen LogP contribution in [0.3, 0.4) is 0 Å². The van der Waals surface area contributed by atoms with Crippen molar-refractivity contribution in [3.63, 3.8) is 0 Å². The van der Waals surface area contributed by atoms with Crippen LogP contribution in [-0.4, -0.2) is 44.0 Å². The van der Waals surface area contributed by atoms with E-state index < -0.39 is 11.8 Å². The molecule has 0 radical (unpaired) electrons. The molecule has 1 aromatic heterocycles. The molecule has 0 spiro atoms. The molecule has 1 heterocycles. The molecule has 0 unspecified atom stereocenters. The van der Waals surface area contributed by atoms with Crippen LogP contribution in [0.4, 0.5) is 5.13 Å².